The van der Waals surface area contributed by atoms with Gasteiger partial charge in [-0.05, 0) is 43.5 Å². The molecule has 1 rings (SSSR count). The molecule has 2 N–H and O–H groups in total. The van der Waals surface area contributed by atoms with Crippen molar-refractivity contribution in [2.75, 3.05) is 25.2 Å². The Kier molecular flexibility index (Phi) is 6.96. The number of halogens is 1. The molecule has 0 spiro atoms. The Balaban J connectivity index is 3.17. The van der Waals surface area contributed by atoms with Gasteiger partial charge in [0.25, 0.3) is 0 Å². The molecular weight excluding hydrogens is 255 g/mol. The van der Waals surface area contributed by atoms with E-state index in [4.69, 9.17) is 10.5 Å². The van der Waals surface area contributed by atoms with E-state index in [0.717, 1.165) is 30.6 Å². The van der Waals surface area contributed by atoms with Crippen LogP contribution in [0.2, 0.25) is 0 Å². The second kappa shape index (κ2) is 8.22. The van der Waals surface area contributed by atoms with Gasteiger partial charge in [-0.1, -0.05) is 13.8 Å². The molecule has 3 nitrogen and oxygen atoms in total. The van der Waals surface area contributed by atoms with Gasteiger partial charge in [0.05, 0.1) is 6.61 Å². The molecule has 0 aliphatic carbocycles. The van der Waals surface area contributed by atoms with E-state index in [1.54, 1.807) is 13.2 Å². The highest BCUT2D eigenvalue weighted by atomic mass is 19.1. The van der Waals surface area contributed by atoms with Crippen LogP contribution in [0.5, 0.6) is 0 Å². The van der Waals surface area contributed by atoms with Crippen molar-refractivity contribution in [1.29, 1.82) is 0 Å². The van der Waals surface area contributed by atoms with Crippen LogP contribution in [0.15, 0.2) is 18.2 Å². The molecule has 20 heavy (non-hydrogen) atoms. The quantitative estimate of drug-likeness (QED) is 0.793. The van der Waals surface area contributed by atoms with E-state index in [1.165, 1.54) is 6.07 Å². The number of methoxy groups -OCH3 is 1. The first-order valence-corrected chi connectivity index (χ1v) is 7.35. The van der Waals surface area contributed by atoms with Crippen molar-refractivity contribution in [2.24, 2.45) is 5.73 Å². The highest BCUT2D eigenvalue weighted by Crippen LogP contribution is 2.29. The molecule has 114 valence electrons. The van der Waals surface area contributed by atoms with Crippen LogP contribution in [-0.2, 0) is 4.74 Å². The van der Waals surface area contributed by atoms with Gasteiger partial charge >= 0.3 is 0 Å². The molecule has 0 fully saturated rings. The van der Waals surface area contributed by atoms with Gasteiger partial charge < -0.3 is 15.4 Å². The van der Waals surface area contributed by atoms with Crippen LogP contribution in [-0.4, -0.2) is 26.3 Å². The van der Waals surface area contributed by atoms with Crippen molar-refractivity contribution in [3.63, 3.8) is 0 Å². The third-order valence-electron chi connectivity index (χ3n) is 3.71. The normalized spacial score (nSPS) is 12.8. The molecule has 0 saturated carbocycles. The van der Waals surface area contributed by atoms with E-state index in [1.807, 2.05) is 13.0 Å². The molecule has 0 aliphatic heterocycles. The lowest BCUT2D eigenvalue weighted by molar-refractivity contribution is 0.202. The Bertz CT molecular complexity index is 405. The van der Waals surface area contributed by atoms with Crippen molar-refractivity contribution in [2.45, 2.75) is 45.7 Å². The topological polar surface area (TPSA) is 38.5 Å². The van der Waals surface area contributed by atoms with Gasteiger partial charge in [0.15, 0.2) is 0 Å². The number of hydrogen-bond acceptors (Lipinski definition) is 3. The predicted octanol–water partition coefficient (Wildman–Crippen LogP) is 3.49. The van der Waals surface area contributed by atoms with Crippen molar-refractivity contribution in [1.82, 2.24) is 0 Å². The number of nitrogens with two attached hydrogens (primary N) is 1. The first kappa shape index (κ1) is 16.9. The molecule has 1 atom stereocenters. The Hall–Kier alpha value is -1.13. The van der Waals surface area contributed by atoms with Crippen molar-refractivity contribution in [3.05, 3.63) is 29.6 Å². The molecule has 0 saturated heterocycles. The summed E-state index contributed by atoms with van der Waals surface area (Å²) in [6.07, 6.45) is 2.08. The Labute approximate surface area is 121 Å². The number of nitrogens with zero attached hydrogens (tertiary/aromatic N) is 1. The summed E-state index contributed by atoms with van der Waals surface area (Å²) in [4.78, 5) is 2.29. The molecule has 0 amide bonds. The zero-order valence-corrected chi connectivity index (χ0v) is 13.0. The van der Waals surface area contributed by atoms with Crippen LogP contribution in [0.3, 0.4) is 0 Å². The fourth-order valence-electron chi connectivity index (χ4n) is 2.57. The van der Waals surface area contributed by atoms with Crippen LogP contribution in [0.25, 0.3) is 0 Å². The van der Waals surface area contributed by atoms with Crippen molar-refractivity contribution < 1.29 is 9.13 Å². The number of benzene rings is 1. The fraction of sp³-hybridized carbons (Fsp3) is 0.625. The first-order valence-electron chi connectivity index (χ1n) is 7.35. The molecule has 0 aromatic heterocycles. The Morgan fingerprint density at radius 1 is 1.30 bits per heavy atom. The molecule has 1 aromatic carbocycles. The minimum absolute atomic E-state index is 0.194. The number of rotatable bonds is 8. The van der Waals surface area contributed by atoms with Crippen LogP contribution < -0.4 is 10.6 Å². The summed E-state index contributed by atoms with van der Waals surface area (Å²) in [5.74, 6) is -0.239. The molecule has 4 heteroatoms. The standard InChI is InChI=1S/C16H27FN2O/c1-5-14(6-2)19(9-10-20-4)16-8-7-13(17)11-15(16)12(3)18/h7-8,11-12,14H,5-6,9-10,18H2,1-4H3/t12-/m1/s1. The monoisotopic (exact) mass is 282 g/mol. The maximum atomic E-state index is 13.5. The summed E-state index contributed by atoms with van der Waals surface area (Å²) < 4.78 is 18.7. The van der Waals surface area contributed by atoms with Crippen LogP contribution in [0.4, 0.5) is 10.1 Å². The zero-order chi connectivity index (χ0) is 15.1. The lowest BCUT2D eigenvalue weighted by Crippen LogP contribution is -2.38. The fourth-order valence-corrected chi connectivity index (χ4v) is 2.57. The van der Waals surface area contributed by atoms with E-state index < -0.39 is 0 Å². The molecular formula is C16H27FN2O. The molecule has 0 aliphatic rings. The third-order valence-corrected chi connectivity index (χ3v) is 3.71. The lowest BCUT2D eigenvalue weighted by atomic mass is 10.0. The van der Waals surface area contributed by atoms with E-state index in [2.05, 4.69) is 18.7 Å². The van der Waals surface area contributed by atoms with Crippen LogP contribution in [0.1, 0.15) is 45.2 Å². The maximum Gasteiger partial charge on any atom is 0.123 e. The minimum Gasteiger partial charge on any atom is -0.383 e. The molecule has 0 bridgehead atoms. The van der Waals surface area contributed by atoms with Gasteiger partial charge in [-0.25, -0.2) is 4.39 Å². The predicted molar refractivity (Wildman–Crippen MR) is 82.6 cm³/mol. The average Bonchev–Trinajstić information content (AvgIpc) is 2.43. The van der Waals surface area contributed by atoms with Gasteiger partial charge in [0.2, 0.25) is 0 Å². The third kappa shape index (κ3) is 4.18. The van der Waals surface area contributed by atoms with Gasteiger partial charge in [0, 0.05) is 31.4 Å². The highest BCUT2D eigenvalue weighted by Gasteiger charge is 2.20. The molecule has 0 unspecified atom stereocenters. The van der Waals surface area contributed by atoms with E-state index in [0.29, 0.717) is 12.6 Å². The van der Waals surface area contributed by atoms with E-state index in [9.17, 15) is 4.39 Å². The number of anilines is 1. The van der Waals surface area contributed by atoms with Gasteiger partial charge in [-0.2, -0.15) is 0 Å². The van der Waals surface area contributed by atoms with Gasteiger partial charge in [-0.15, -0.1) is 0 Å². The molecule has 1 aromatic rings. The number of ether oxygens (including phenoxy) is 1. The molecule has 0 heterocycles. The SMILES string of the molecule is CCC(CC)N(CCOC)c1ccc(F)cc1[C@@H](C)N. The Morgan fingerprint density at radius 2 is 1.95 bits per heavy atom. The minimum atomic E-state index is -0.239. The zero-order valence-electron chi connectivity index (χ0n) is 13.0. The summed E-state index contributed by atoms with van der Waals surface area (Å²) in [5, 5.41) is 0. The van der Waals surface area contributed by atoms with Crippen molar-refractivity contribution >= 4 is 5.69 Å². The van der Waals surface area contributed by atoms with Gasteiger partial charge in [0.1, 0.15) is 5.82 Å². The average molecular weight is 282 g/mol. The lowest BCUT2D eigenvalue weighted by Gasteiger charge is -2.34. The highest BCUT2D eigenvalue weighted by molar-refractivity contribution is 5.56. The smallest absolute Gasteiger partial charge is 0.123 e. The second-order valence-corrected chi connectivity index (χ2v) is 5.15. The maximum absolute atomic E-state index is 13.5. The summed E-state index contributed by atoms with van der Waals surface area (Å²) in [6, 6.07) is 5.10. The summed E-state index contributed by atoms with van der Waals surface area (Å²) in [5.41, 5.74) is 7.88. The first-order chi connectivity index (χ1) is 9.54. The summed E-state index contributed by atoms with van der Waals surface area (Å²) in [7, 11) is 1.70. The summed E-state index contributed by atoms with van der Waals surface area (Å²) >= 11 is 0. The summed E-state index contributed by atoms with van der Waals surface area (Å²) in [6.45, 7) is 7.66. The van der Waals surface area contributed by atoms with E-state index >= 15 is 0 Å². The van der Waals surface area contributed by atoms with Crippen LogP contribution in [0, 0.1) is 5.82 Å². The second-order valence-electron chi connectivity index (χ2n) is 5.15. The number of hydrogen-bond donors (Lipinski definition) is 1. The van der Waals surface area contributed by atoms with E-state index in [-0.39, 0.29) is 11.9 Å². The van der Waals surface area contributed by atoms with Gasteiger partial charge in [-0.3, -0.25) is 0 Å². The largest absolute Gasteiger partial charge is 0.383 e. The van der Waals surface area contributed by atoms with Crippen molar-refractivity contribution in [3.8, 4) is 0 Å². The molecule has 0 radical (unpaired) electrons. The van der Waals surface area contributed by atoms with Crippen LogP contribution >= 0.6 is 0 Å². The Morgan fingerprint density at radius 3 is 2.45 bits per heavy atom.